The highest BCUT2D eigenvalue weighted by Crippen LogP contribution is 2.25. The Kier molecular flexibility index (Phi) is 3.53. The molecule has 14 heavy (non-hydrogen) atoms. The summed E-state index contributed by atoms with van der Waals surface area (Å²) in [4.78, 5) is 11.7. The van der Waals surface area contributed by atoms with E-state index in [4.69, 9.17) is 10.5 Å². The summed E-state index contributed by atoms with van der Waals surface area (Å²) in [6.45, 7) is 5.69. The van der Waals surface area contributed by atoms with Gasteiger partial charge in [-0.1, -0.05) is 6.42 Å². The molecule has 0 heterocycles. The summed E-state index contributed by atoms with van der Waals surface area (Å²) in [6.07, 6.45) is 3.81. The molecule has 1 rings (SSSR count). The van der Waals surface area contributed by atoms with Crippen molar-refractivity contribution in [1.29, 1.82) is 0 Å². The molecular formula is C11H21NO2. The van der Waals surface area contributed by atoms with Gasteiger partial charge in [0.1, 0.15) is 5.60 Å². The van der Waals surface area contributed by atoms with Crippen LogP contribution in [0.4, 0.5) is 0 Å². The Morgan fingerprint density at radius 2 is 2.00 bits per heavy atom. The number of rotatable bonds is 1. The van der Waals surface area contributed by atoms with Crippen LogP contribution < -0.4 is 5.73 Å². The summed E-state index contributed by atoms with van der Waals surface area (Å²) in [5.41, 5.74) is 5.44. The molecule has 3 heteroatoms. The smallest absolute Gasteiger partial charge is 0.309 e. The van der Waals surface area contributed by atoms with E-state index in [0.717, 1.165) is 25.7 Å². The molecule has 1 aliphatic carbocycles. The Morgan fingerprint density at radius 1 is 1.36 bits per heavy atom. The van der Waals surface area contributed by atoms with Gasteiger partial charge in [-0.15, -0.1) is 0 Å². The molecule has 0 bridgehead atoms. The Morgan fingerprint density at radius 3 is 2.50 bits per heavy atom. The lowest BCUT2D eigenvalue weighted by atomic mass is 9.86. The third-order valence-electron chi connectivity index (χ3n) is 2.45. The molecule has 2 N–H and O–H groups in total. The SMILES string of the molecule is CC(C)(C)OC(=O)[C@H]1CCC[C@@H](N)C1. The molecule has 2 atom stereocenters. The van der Waals surface area contributed by atoms with Crippen LogP contribution in [0.15, 0.2) is 0 Å². The van der Waals surface area contributed by atoms with E-state index in [0.29, 0.717) is 0 Å². The van der Waals surface area contributed by atoms with Gasteiger partial charge in [-0.2, -0.15) is 0 Å². The van der Waals surface area contributed by atoms with E-state index in [1.807, 2.05) is 20.8 Å². The Balaban J connectivity index is 2.44. The van der Waals surface area contributed by atoms with Crippen LogP contribution in [0, 0.1) is 5.92 Å². The highest BCUT2D eigenvalue weighted by Gasteiger charge is 2.29. The van der Waals surface area contributed by atoms with E-state index < -0.39 is 0 Å². The van der Waals surface area contributed by atoms with Gasteiger partial charge in [0, 0.05) is 6.04 Å². The largest absolute Gasteiger partial charge is 0.460 e. The van der Waals surface area contributed by atoms with E-state index >= 15 is 0 Å². The number of carbonyl (C=O) groups excluding carboxylic acids is 1. The van der Waals surface area contributed by atoms with E-state index in [9.17, 15) is 4.79 Å². The maximum Gasteiger partial charge on any atom is 0.309 e. The van der Waals surface area contributed by atoms with Gasteiger partial charge in [-0.05, 0) is 40.0 Å². The van der Waals surface area contributed by atoms with E-state index in [-0.39, 0.29) is 23.5 Å². The molecule has 0 radical (unpaired) electrons. The van der Waals surface area contributed by atoms with Crippen LogP contribution in [0.1, 0.15) is 46.5 Å². The molecule has 1 saturated carbocycles. The fraction of sp³-hybridized carbons (Fsp3) is 0.909. The van der Waals surface area contributed by atoms with Crippen LogP contribution in [0.3, 0.4) is 0 Å². The number of carbonyl (C=O) groups is 1. The number of esters is 1. The fourth-order valence-electron chi connectivity index (χ4n) is 1.83. The number of ether oxygens (including phenoxy) is 1. The third kappa shape index (κ3) is 3.66. The summed E-state index contributed by atoms with van der Waals surface area (Å²) in [5.74, 6) is -0.0503. The molecule has 0 aromatic carbocycles. The molecule has 1 fully saturated rings. The van der Waals surface area contributed by atoms with Crippen molar-refractivity contribution < 1.29 is 9.53 Å². The molecule has 0 saturated heterocycles. The van der Waals surface area contributed by atoms with E-state index in [2.05, 4.69) is 0 Å². The Bertz CT molecular complexity index is 208. The van der Waals surface area contributed by atoms with Crippen LogP contribution >= 0.6 is 0 Å². The highest BCUT2D eigenvalue weighted by molar-refractivity contribution is 5.73. The third-order valence-corrected chi connectivity index (χ3v) is 2.45. The lowest BCUT2D eigenvalue weighted by molar-refractivity contribution is -0.161. The van der Waals surface area contributed by atoms with E-state index in [1.165, 1.54) is 0 Å². The van der Waals surface area contributed by atoms with Gasteiger partial charge in [0.15, 0.2) is 0 Å². The summed E-state index contributed by atoms with van der Waals surface area (Å²) < 4.78 is 5.33. The first-order chi connectivity index (χ1) is 6.38. The number of hydrogen-bond donors (Lipinski definition) is 1. The van der Waals surface area contributed by atoms with Gasteiger partial charge >= 0.3 is 5.97 Å². The average molecular weight is 199 g/mol. The van der Waals surface area contributed by atoms with Crippen LogP contribution in [-0.4, -0.2) is 17.6 Å². The molecule has 0 unspecified atom stereocenters. The second-order valence-electron chi connectivity index (χ2n) is 5.16. The first kappa shape index (κ1) is 11.5. The van der Waals surface area contributed by atoms with Crippen molar-refractivity contribution in [2.24, 2.45) is 11.7 Å². The van der Waals surface area contributed by atoms with Crippen LogP contribution in [0.2, 0.25) is 0 Å². The monoisotopic (exact) mass is 199 g/mol. The first-order valence-electron chi connectivity index (χ1n) is 5.37. The molecule has 0 spiro atoms. The van der Waals surface area contributed by atoms with Gasteiger partial charge in [0.2, 0.25) is 0 Å². The van der Waals surface area contributed by atoms with Crippen LogP contribution in [0.25, 0.3) is 0 Å². The zero-order valence-electron chi connectivity index (χ0n) is 9.38. The number of nitrogens with two attached hydrogens (primary N) is 1. The Hall–Kier alpha value is -0.570. The van der Waals surface area contributed by atoms with Crippen LogP contribution in [0.5, 0.6) is 0 Å². The second kappa shape index (κ2) is 4.30. The van der Waals surface area contributed by atoms with Gasteiger partial charge in [0.25, 0.3) is 0 Å². The van der Waals surface area contributed by atoms with Crippen LogP contribution in [-0.2, 0) is 9.53 Å². The highest BCUT2D eigenvalue weighted by atomic mass is 16.6. The normalized spacial score (nSPS) is 28.6. The Labute approximate surface area is 86.0 Å². The van der Waals surface area contributed by atoms with Crippen molar-refractivity contribution in [3.05, 3.63) is 0 Å². The van der Waals surface area contributed by atoms with Gasteiger partial charge in [-0.3, -0.25) is 4.79 Å². The summed E-state index contributed by atoms with van der Waals surface area (Å²) in [6, 6.07) is 0.182. The van der Waals surface area contributed by atoms with E-state index in [1.54, 1.807) is 0 Å². The van der Waals surface area contributed by atoms with Crippen molar-refractivity contribution in [2.75, 3.05) is 0 Å². The second-order valence-corrected chi connectivity index (χ2v) is 5.16. The van der Waals surface area contributed by atoms with Gasteiger partial charge < -0.3 is 10.5 Å². The zero-order valence-corrected chi connectivity index (χ0v) is 9.38. The van der Waals surface area contributed by atoms with Crippen molar-refractivity contribution in [1.82, 2.24) is 0 Å². The van der Waals surface area contributed by atoms with Crippen molar-refractivity contribution in [3.8, 4) is 0 Å². The molecule has 0 aromatic rings. The van der Waals surface area contributed by atoms with Gasteiger partial charge in [0.05, 0.1) is 5.92 Å². The minimum absolute atomic E-state index is 0.0259. The number of hydrogen-bond acceptors (Lipinski definition) is 3. The van der Waals surface area contributed by atoms with Crippen molar-refractivity contribution >= 4 is 5.97 Å². The molecule has 0 amide bonds. The van der Waals surface area contributed by atoms with Gasteiger partial charge in [-0.25, -0.2) is 0 Å². The molecule has 3 nitrogen and oxygen atoms in total. The minimum atomic E-state index is -0.376. The molecule has 82 valence electrons. The lowest BCUT2D eigenvalue weighted by Crippen LogP contribution is -2.35. The molecular weight excluding hydrogens is 178 g/mol. The summed E-state index contributed by atoms with van der Waals surface area (Å²) in [5, 5.41) is 0. The average Bonchev–Trinajstić information content (AvgIpc) is 2.01. The lowest BCUT2D eigenvalue weighted by Gasteiger charge is -2.28. The summed E-state index contributed by atoms with van der Waals surface area (Å²) in [7, 11) is 0. The predicted octanol–water partition coefficient (Wildman–Crippen LogP) is 1.85. The fourth-order valence-corrected chi connectivity index (χ4v) is 1.83. The maximum atomic E-state index is 11.7. The predicted molar refractivity (Wildman–Crippen MR) is 55.8 cm³/mol. The quantitative estimate of drug-likeness (QED) is 0.656. The zero-order chi connectivity index (χ0) is 10.8. The minimum Gasteiger partial charge on any atom is -0.460 e. The van der Waals surface area contributed by atoms with Crippen molar-refractivity contribution in [2.45, 2.75) is 58.1 Å². The van der Waals surface area contributed by atoms with Crippen molar-refractivity contribution in [3.63, 3.8) is 0 Å². The summed E-state index contributed by atoms with van der Waals surface area (Å²) >= 11 is 0. The standard InChI is InChI=1S/C11H21NO2/c1-11(2,3)14-10(13)8-5-4-6-9(12)7-8/h8-9H,4-7,12H2,1-3H3/t8-,9+/m0/s1. The molecule has 1 aliphatic rings. The first-order valence-corrected chi connectivity index (χ1v) is 5.37. The maximum absolute atomic E-state index is 11.7. The topological polar surface area (TPSA) is 52.3 Å². The molecule has 0 aromatic heterocycles. The molecule has 0 aliphatic heterocycles.